The van der Waals surface area contributed by atoms with Crippen LogP contribution in [0.25, 0.3) is 0 Å². The third-order valence-electron chi connectivity index (χ3n) is 4.55. The van der Waals surface area contributed by atoms with Gasteiger partial charge in [0.05, 0.1) is 12.7 Å². The van der Waals surface area contributed by atoms with Crippen molar-refractivity contribution in [3.63, 3.8) is 0 Å². The number of likely N-dealkylation sites (tertiary alicyclic amines) is 1. The molecule has 1 aliphatic heterocycles. The summed E-state index contributed by atoms with van der Waals surface area (Å²) in [6.45, 7) is 5.92. The van der Waals surface area contributed by atoms with Crippen LogP contribution in [0.5, 0.6) is 0 Å². The van der Waals surface area contributed by atoms with Crippen molar-refractivity contribution in [1.29, 1.82) is 0 Å². The number of aryl methyl sites for hydroxylation is 1. The molecule has 1 N–H and O–H groups in total. The first-order valence-electron chi connectivity index (χ1n) is 8.73. The van der Waals surface area contributed by atoms with Crippen molar-refractivity contribution in [2.75, 3.05) is 26.7 Å². The molecular formula is C19H28IN5. The number of nitrogens with one attached hydrogen (secondary N) is 1. The number of halogens is 1. The first kappa shape index (κ1) is 19.8. The van der Waals surface area contributed by atoms with Crippen LogP contribution in [-0.2, 0) is 13.0 Å². The summed E-state index contributed by atoms with van der Waals surface area (Å²) in [5.74, 6) is 1.72. The van der Waals surface area contributed by atoms with Crippen molar-refractivity contribution in [2.24, 2.45) is 10.9 Å². The molecule has 136 valence electrons. The zero-order valence-corrected chi connectivity index (χ0v) is 17.4. The Bertz CT molecular complexity index is 667. The van der Waals surface area contributed by atoms with Gasteiger partial charge in [-0.05, 0) is 36.8 Å². The highest BCUT2D eigenvalue weighted by molar-refractivity contribution is 14.0. The highest BCUT2D eigenvalue weighted by Gasteiger charge is 2.24. The summed E-state index contributed by atoms with van der Waals surface area (Å²) in [7, 11) is 1.87. The minimum absolute atomic E-state index is 0. The van der Waals surface area contributed by atoms with Crippen molar-refractivity contribution < 1.29 is 0 Å². The second kappa shape index (κ2) is 9.79. The minimum Gasteiger partial charge on any atom is -0.354 e. The van der Waals surface area contributed by atoms with E-state index in [-0.39, 0.29) is 24.0 Å². The summed E-state index contributed by atoms with van der Waals surface area (Å²) in [6, 6.07) is 10.8. The molecule has 1 saturated heterocycles. The number of rotatable bonds is 5. The molecule has 0 radical (unpaired) electrons. The number of benzene rings is 1. The number of guanidine groups is 1. The lowest BCUT2D eigenvalue weighted by Crippen LogP contribution is -2.41. The Morgan fingerprint density at radius 3 is 2.80 bits per heavy atom. The lowest BCUT2D eigenvalue weighted by molar-refractivity contribution is 0.455. The van der Waals surface area contributed by atoms with E-state index in [1.54, 1.807) is 0 Å². The standard InChI is InChI=1S/C19H27N5.HI/c1-16-13-22-24(14-16)11-9-21-19(20-2)23-10-8-18(15-23)12-17-6-4-3-5-7-17;/h3-7,13-14,18H,8-12,15H2,1-2H3,(H,20,21);1H. The Morgan fingerprint density at radius 2 is 2.12 bits per heavy atom. The molecule has 5 nitrogen and oxygen atoms in total. The average Bonchev–Trinajstić information content (AvgIpc) is 3.22. The first-order chi connectivity index (χ1) is 11.7. The van der Waals surface area contributed by atoms with Crippen LogP contribution < -0.4 is 5.32 Å². The molecule has 0 aliphatic carbocycles. The van der Waals surface area contributed by atoms with Crippen LogP contribution in [0.4, 0.5) is 0 Å². The predicted molar refractivity (Wildman–Crippen MR) is 114 cm³/mol. The van der Waals surface area contributed by atoms with Crippen LogP contribution in [-0.4, -0.2) is 47.3 Å². The second-order valence-corrected chi connectivity index (χ2v) is 6.55. The van der Waals surface area contributed by atoms with Crippen molar-refractivity contribution >= 4 is 29.9 Å². The Morgan fingerprint density at radius 1 is 1.32 bits per heavy atom. The molecular weight excluding hydrogens is 425 g/mol. The number of hydrogen-bond donors (Lipinski definition) is 1. The van der Waals surface area contributed by atoms with Gasteiger partial charge < -0.3 is 10.2 Å². The van der Waals surface area contributed by atoms with Gasteiger partial charge in [0.25, 0.3) is 0 Å². The summed E-state index contributed by atoms with van der Waals surface area (Å²) >= 11 is 0. The van der Waals surface area contributed by atoms with Crippen molar-refractivity contribution in [1.82, 2.24) is 20.0 Å². The molecule has 0 bridgehead atoms. The zero-order chi connectivity index (χ0) is 16.8. The fourth-order valence-electron chi connectivity index (χ4n) is 3.34. The van der Waals surface area contributed by atoms with Gasteiger partial charge in [-0.1, -0.05) is 30.3 Å². The lowest BCUT2D eigenvalue weighted by Gasteiger charge is -2.21. The van der Waals surface area contributed by atoms with Gasteiger partial charge >= 0.3 is 0 Å². The van der Waals surface area contributed by atoms with Crippen molar-refractivity contribution in [3.05, 3.63) is 53.9 Å². The van der Waals surface area contributed by atoms with E-state index in [1.807, 2.05) is 17.9 Å². The monoisotopic (exact) mass is 453 g/mol. The molecule has 0 spiro atoms. The molecule has 25 heavy (non-hydrogen) atoms. The molecule has 0 saturated carbocycles. The molecule has 1 fully saturated rings. The van der Waals surface area contributed by atoms with E-state index in [0.29, 0.717) is 5.92 Å². The van der Waals surface area contributed by atoms with Gasteiger partial charge in [-0.3, -0.25) is 9.67 Å². The Balaban J connectivity index is 0.00000225. The topological polar surface area (TPSA) is 45.5 Å². The lowest BCUT2D eigenvalue weighted by atomic mass is 9.99. The summed E-state index contributed by atoms with van der Waals surface area (Å²) in [4.78, 5) is 6.83. The maximum Gasteiger partial charge on any atom is 0.193 e. The quantitative estimate of drug-likeness (QED) is 0.430. The Labute approximate surface area is 167 Å². The third-order valence-corrected chi connectivity index (χ3v) is 4.55. The van der Waals surface area contributed by atoms with E-state index in [9.17, 15) is 0 Å². The van der Waals surface area contributed by atoms with Gasteiger partial charge in [-0.2, -0.15) is 5.10 Å². The second-order valence-electron chi connectivity index (χ2n) is 6.55. The SMILES string of the molecule is CN=C(NCCn1cc(C)cn1)N1CCC(Cc2ccccc2)C1.I. The van der Waals surface area contributed by atoms with Crippen LogP contribution in [0.1, 0.15) is 17.5 Å². The summed E-state index contributed by atoms with van der Waals surface area (Å²) < 4.78 is 1.97. The molecule has 3 rings (SSSR count). The molecule has 1 aliphatic rings. The highest BCUT2D eigenvalue weighted by Crippen LogP contribution is 2.20. The van der Waals surface area contributed by atoms with Crippen LogP contribution in [0, 0.1) is 12.8 Å². The number of nitrogens with zero attached hydrogens (tertiary/aromatic N) is 4. The van der Waals surface area contributed by atoms with E-state index in [0.717, 1.165) is 38.6 Å². The maximum absolute atomic E-state index is 4.45. The van der Waals surface area contributed by atoms with E-state index in [2.05, 4.69) is 63.8 Å². The number of aliphatic imine (C=N–C) groups is 1. The average molecular weight is 453 g/mol. The molecule has 1 atom stereocenters. The zero-order valence-electron chi connectivity index (χ0n) is 15.1. The van der Waals surface area contributed by atoms with Gasteiger partial charge in [-0.15, -0.1) is 24.0 Å². The maximum atomic E-state index is 4.45. The van der Waals surface area contributed by atoms with E-state index >= 15 is 0 Å². The fourth-order valence-corrected chi connectivity index (χ4v) is 3.34. The van der Waals surface area contributed by atoms with Gasteiger partial charge in [-0.25, -0.2) is 0 Å². The van der Waals surface area contributed by atoms with Crippen LogP contribution >= 0.6 is 24.0 Å². The number of hydrogen-bond acceptors (Lipinski definition) is 2. The normalized spacial score (nSPS) is 17.4. The molecule has 1 aromatic heterocycles. The molecule has 1 unspecified atom stereocenters. The Kier molecular flexibility index (Phi) is 7.74. The summed E-state index contributed by atoms with van der Waals surface area (Å²) in [5, 5.41) is 7.79. The van der Waals surface area contributed by atoms with Crippen molar-refractivity contribution in [2.45, 2.75) is 26.3 Å². The van der Waals surface area contributed by atoms with Gasteiger partial charge in [0.2, 0.25) is 0 Å². The van der Waals surface area contributed by atoms with Crippen LogP contribution in [0.3, 0.4) is 0 Å². The fraction of sp³-hybridized carbons (Fsp3) is 0.474. The van der Waals surface area contributed by atoms with E-state index in [4.69, 9.17) is 0 Å². The van der Waals surface area contributed by atoms with Crippen molar-refractivity contribution in [3.8, 4) is 0 Å². The van der Waals surface area contributed by atoms with E-state index in [1.165, 1.54) is 17.5 Å². The largest absolute Gasteiger partial charge is 0.354 e. The van der Waals surface area contributed by atoms with Crippen LogP contribution in [0.15, 0.2) is 47.7 Å². The summed E-state index contributed by atoms with van der Waals surface area (Å²) in [5.41, 5.74) is 2.63. The molecule has 0 amide bonds. The minimum atomic E-state index is 0. The molecule has 2 aromatic rings. The van der Waals surface area contributed by atoms with Gasteiger partial charge in [0.15, 0.2) is 5.96 Å². The number of aromatic nitrogens is 2. The van der Waals surface area contributed by atoms with Gasteiger partial charge in [0, 0.05) is 32.9 Å². The summed E-state index contributed by atoms with van der Waals surface area (Å²) in [6.07, 6.45) is 6.34. The highest BCUT2D eigenvalue weighted by atomic mass is 127. The molecule has 1 aromatic carbocycles. The first-order valence-corrected chi connectivity index (χ1v) is 8.73. The molecule has 2 heterocycles. The third kappa shape index (κ3) is 5.73. The van der Waals surface area contributed by atoms with Crippen LogP contribution in [0.2, 0.25) is 0 Å². The smallest absolute Gasteiger partial charge is 0.193 e. The van der Waals surface area contributed by atoms with E-state index < -0.39 is 0 Å². The molecule has 6 heteroatoms. The van der Waals surface area contributed by atoms with Gasteiger partial charge in [0.1, 0.15) is 0 Å². The Hall–Kier alpha value is -1.57. The predicted octanol–water partition coefficient (Wildman–Crippen LogP) is 2.95.